The van der Waals surface area contributed by atoms with Gasteiger partial charge in [-0.3, -0.25) is 4.79 Å². The molecule has 1 aromatic heterocycles. The maximum absolute atomic E-state index is 12.9. The number of ether oxygens (including phenoxy) is 1. The lowest BCUT2D eigenvalue weighted by Gasteiger charge is -2.04. The highest BCUT2D eigenvalue weighted by Crippen LogP contribution is 2.26. The summed E-state index contributed by atoms with van der Waals surface area (Å²) in [6, 6.07) is 15.8. The Bertz CT molecular complexity index is 979. The monoisotopic (exact) mass is 518 g/mol. The van der Waals surface area contributed by atoms with E-state index < -0.39 is 0 Å². The average molecular weight is 520 g/mol. The molecule has 2 heterocycles. The molecule has 0 amide bonds. The molecule has 0 bridgehead atoms. The molecule has 152 valence electrons. The predicted octanol–water partition coefficient (Wildman–Crippen LogP) is 1.83. The second kappa shape index (κ2) is 9.72. The second-order valence-electron chi connectivity index (χ2n) is 7.18. The number of imidazole rings is 1. The van der Waals surface area contributed by atoms with Gasteiger partial charge in [0.25, 0.3) is 5.82 Å². The second-order valence-corrected chi connectivity index (χ2v) is 8.10. The molecule has 29 heavy (non-hydrogen) atoms. The van der Waals surface area contributed by atoms with Crippen molar-refractivity contribution in [2.24, 2.45) is 0 Å². The number of Topliss-reactive ketones (excluding diaryl/α,β-unsaturated/α-hetero) is 1. The zero-order valence-electron chi connectivity index (χ0n) is 16.4. The zero-order chi connectivity index (χ0) is 19.5. The summed E-state index contributed by atoms with van der Waals surface area (Å²) in [5, 5.41) is 0. The van der Waals surface area contributed by atoms with Gasteiger partial charge < -0.3 is 21.7 Å². The van der Waals surface area contributed by atoms with Gasteiger partial charge in [0.05, 0.1) is 13.7 Å². The first-order valence-electron chi connectivity index (χ1n) is 9.71. The molecule has 0 N–H and O–H groups in total. The first-order valence-corrected chi connectivity index (χ1v) is 10.5. The largest absolute Gasteiger partial charge is 1.00 e. The number of hydrogen-bond acceptors (Lipinski definition) is 2. The van der Waals surface area contributed by atoms with E-state index in [0.717, 1.165) is 34.3 Å². The number of carbonyl (C=O) groups excluding carboxylic acids is 1. The molecule has 6 heteroatoms. The predicted molar refractivity (Wildman–Crippen MR) is 113 cm³/mol. The maximum Gasteiger partial charge on any atom is 0.257 e. The SMILES string of the molecule is COc1ccc(-c2c[n+](CC(=O)c3ccc(Br)cc3)c3n2CCCCC3)cc1.[Br-]. The van der Waals surface area contributed by atoms with Crippen LogP contribution in [0.3, 0.4) is 0 Å². The summed E-state index contributed by atoms with van der Waals surface area (Å²) >= 11 is 3.43. The first-order chi connectivity index (χ1) is 13.7. The zero-order valence-corrected chi connectivity index (χ0v) is 19.6. The topological polar surface area (TPSA) is 35.1 Å². The quantitative estimate of drug-likeness (QED) is 0.381. The Labute approximate surface area is 190 Å². The van der Waals surface area contributed by atoms with Crippen LogP contribution in [-0.4, -0.2) is 17.5 Å². The summed E-state index contributed by atoms with van der Waals surface area (Å²) < 4.78 is 10.8. The Morgan fingerprint density at radius 1 is 1.07 bits per heavy atom. The lowest BCUT2D eigenvalue weighted by molar-refractivity contribution is -0.690. The summed E-state index contributed by atoms with van der Waals surface area (Å²) in [6.45, 7) is 1.36. The summed E-state index contributed by atoms with van der Waals surface area (Å²) in [6.07, 6.45) is 6.71. The molecule has 4 nitrogen and oxygen atoms in total. The van der Waals surface area contributed by atoms with Crippen LogP contribution in [0, 0.1) is 0 Å². The van der Waals surface area contributed by atoms with Crippen molar-refractivity contribution in [3.05, 3.63) is 70.6 Å². The van der Waals surface area contributed by atoms with Gasteiger partial charge in [-0.25, -0.2) is 9.13 Å². The third kappa shape index (κ3) is 4.81. The highest BCUT2D eigenvalue weighted by atomic mass is 79.9. The van der Waals surface area contributed by atoms with Gasteiger partial charge in [0.2, 0.25) is 5.78 Å². The fourth-order valence-corrected chi connectivity index (χ4v) is 4.12. The maximum atomic E-state index is 12.9. The van der Waals surface area contributed by atoms with Crippen LogP contribution >= 0.6 is 15.9 Å². The normalized spacial score (nSPS) is 13.2. The van der Waals surface area contributed by atoms with Crippen LogP contribution in [0.1, 0.15) is 35.4 Å². The molecule has 0 fully saturated rings. The van der Waals surface area contributed by atoms with E-state index in [2.05, 4.69) is 43.4 Å². The van der Waals surface area contributed by atoms with Gasteiger partial charge in [-0.1, -0.05) is 28.1 Å². The number of ketones is 1. The fraction of sp³-hybridized carbons (Fsp3) is 0.304. The molecule has 0 saturated heterocycles. The van der Waals surface area contributed by atoms with E-state index in [-0.39, 0.29) is 22.8 Å². The molecule has 1 aliphatic rings. The molecular formula is C23H24Br2N2O2. The molecule has 0 unspecified atom stereocenters. The minimum absolute atomic E-state index is 0. The Balaban J connectivity index is 0.00000240. The molecule has 4 rings (SSSR count). The Kier molecular flexibility index (Phi) is 7.30. The molecule has 3 aromatic rings. The molecule has 0 radical (unpaired) electrons. The average Bonchev–Trinajstić information content (AvgIpc) is 2.89. The van der Waals surface area contributed by atoms with Gasteiger partial charge in [0.1, 0.15) is 11.9 Å². The van der Waals surface area contributed by atoms with Crippen LogP contribution in [0.25, 0.3) is 11.3 Å². The molecule has 0 spiro atoms. The van der Waals surface area contributed by atoms with Gasteiger partial charge in [-0.2, -0.15) is 0 Å². The Morgan fingerprint density at radius 3 is 2.48 bits per heavy atom. The summed E-state index contributed by atoms with van der Waals surface area (Å²) in [4.78, 5) is 12.9. The minimum atomic E-state index is 0. The van der Waals surface area contributed by atoms with Crippen LogP contribution in [0.5, 0.6) is 5.75 Å². The van der Waals surface area contributed by atoms with Crippen LogP contribution in [0.2, 0.25) is 0 Å². The van der Waals surface area contributed by atoms with Crippen molar-refractivity contribution in [1.82, 2.24) is 4.57 Å². The number of halogens is 2. The molecule has 0 aliphatic carbocycles. The van der Waals surface area contributed by atoms with E-state index in [1.807, 2.05) is 36.4 Å². The smallest absolute Gasteiger partial charge is 0.257 e. The standard InChI is InChI=1S/C23H24BrN2O2.BrH/c1-28-20-12-8-17(9-13-20)21-15-25(23-5-3-2-4-14-26(21)23)16-22(27)18-6-10-19(24)11-7-18;/h6-13,15H,2-5,14,16H2,1H3;1H/q+1;/p-1. The number of carbonyl (C=O) groups is 1. The molecule has 0 saturated carbocycles. The van der Waals surface area contributed by atoms with E-state index in [1.165, 1.54) is 30.8 Å². The van der Waals surface area contributed by atoms with Gasteiger partial charge in [-0.05, 0) is 55.7 Å². The lowest BCUT2D eigenvalue weighted by atomic mass is 10.1. The van der Waals surface area contributed by atoms with Crippen LogP contribution < -0.4 is 26.3 Å². The van der Waals surface area contributed by atoms with Crippen LogP contribution in [0.15, 0.2) is 59.2 Å². The van der Waals surface area contributed by atoms with E-state index in [0.29, 0.717) is 6.54 Å². The van der Waals surface area contributed by atoms with Crippen molar-refractivity contribution in [3.63, 3.8) is 0 Å². The molecule has 0 atom stereocenters. The highest BCUT2D eigenvalue weighted by Gasteiger charge is 2.27. The number of fused-ring (bicyclic) bond motifs is 1. The van der Waals surface area contributed by atoms with E-state index in [9.17, 15) is 4.79 Å². The van der Waals surface area contributed by atoms with Crippen molar-refractivity contribution < 1.29 is 31.1 Å². The van der Waals surface area contributed by atoms with Gasteiger partial charge in [0, 0.05) is 22.0 Å². The summed E-state index contributed by atoms with van der Waals surface area (Å²) in [5.41, 5.74) is 3.07. The van der Waals surface area contributed by atoms with Crippen molar-refractivity contribution >= 4 is 21.7 Å². The van der Waals surface area contributed by atoms with E-state index >= 15 is 0 Å². The third-order valence-electron chi connectivity index (χ3n) is 5.36. The lowest BCUT2D eigenvalue weighted by Crippen LogP contribution is -3.00. The van der Waals surface area contributed by atoms with E-state index in [1.54, 1.807) is 7.11 Å². The third-order valence-corrected chi connectivity index (χ3v) is 5.89. The number of aromatic nitrogens is 2. The molecule has 1 aliphatic heterocycles. The Morgan fingerprint density at radius 2 is 1.79 bits per heavy atom. The number of benzene rings is 2. The molecular weight excluding hydrogens is 496 g/mol. The summed E-state index contributed by atoms with van der Waals surface area (Å²) in [7, 11) is 1.68. The van der Waals surface area contributed by atoms with Crippen LogP contribution in [-0.2, 0) is 19.5 Å². The van der Waals surface area contributed by atoms with Gasteiger partial charge >= 0.3 is 0 Å². The van der Waals surface area contributed by atoms with E-state index in [4.69, 9.17) is 4.74 Å². The Hall–Kier alpha value is -1.92. The van der Waals surface area contributed by atoms with Crippen molar-refractivity contribution in [1.29, 1.82) is 0 Å². The number of nitrogens with zero attached hydrogens (tertiary/aromatic N) is 2. The number of methoxy groups -OCH3 is 1. The number of hydrogen-bond donors (Lipinski definition) is 0. The molecule has 2 aromatic carbocycles. The summed E-state index contributed by atoms with van der Waals surface area (Å²) in [5.74, 6) is 2.23. The highest BCUT2D eigenvalue weighted by molar-refractivity contribution is 9.10. The minimum Gasteiger partial charge on any atom is -1.00 e. The van der Waals surface area contributed by atoms with Crippen molar-refractivity contribution in [2.75, 3.05) is 7.11 Å². The number of rotatable bonds is 5. The van der Waals surface area contributed by atoms with Crippen molar-refractivity contribution in [2.45, 2.75) is 38.8 Å². The fourth-order valence-electron chi connectivity index (χ4n) is 3.85. The van der Waals surface area contributed by atoms with Crippen molar-refractivity contribution in [3.8, 4) is 17.0 Å². The van der Waals surface area contributed by atoms with Gasteiger partial charge in [0.15, 0.2) is 12.2 Å². The van der Waals surface area contributed by atoms with Gasteiger partial charge in [-0.15, -0.1) is 0 Å². The van der Waals surface area contributed by atoms with Crippen LogP contribution in [0.4, 0.5) is 0 Å². The first kappa shape index (κ1) is 21.8.